The van der Waals surface area contributed by atoms with Gasteiger partial charge in [0.05, 0.1) is 23.6 Å². The first-order chi connectivity index (χ1) is 10.8. The number of aliphatic hydroxyl groups excluding tert-OH is 1. The Kier molecular flexibility index (Phi) is 3.80. The molecule has 3 rings (SSSR count). The molecule has 1 aromatic heterocycles. The largest absolute Gasteiger partial charge is 0.416 e. The maximum absolute atomic E-state index is 12.7. The van der Waals surface area contributed by atoms with E-state index < -0.39 is 23.8 Å². The molecule has 1 aromatic carbocycles. The van der Waals surface area contributed by atoms with Gasteiger partial charge in [-0.2, -0.15) is 13.2 Å². The van der Waals surface area contributed by atoms with E-state index >= 15 is 0 Å². The van der Waals surface area contributed by atoms with Gasteiger partial charge in [-0.1, -0.05) is 11.3 Å². The molecule has 0 aliphatic carbocycles. The van der Waals surface area contributed by atoms with Crippen LogP contribution in [0.2, 0.25) is 0 Å². The third-order valence-electron chi connectivity index (χ3n) is 3.60. The zero-order valence-electron chi connectivity index (χ0n) is 11.9. The highest BCUT2D eigenvalue weighted by Gasteiger charge is 2.31. The summed E-state index contributed by atoms with van der Waals surface area (Å²) in [5.74, 6) is -0.403. The maximum Gasteiger partial charge on any atom is 0.416 e. The normalized spacial score (nSPS) is 18.4. The van der Waals surface area contributed by atoms with Gasteiger partial charge >= 0.3 is 6.18 Å². The lowest BCUT2D eigenvalue weighted by atomic mass is 10.2. The fraction of sp³-hybridized carbons (Fsp3) is 0.357. The maximum atomic E-state index is 12.7. The minimum absolute atomic E-state index is 0.0245. The first kappa shape index (κ1) is 15.5. The number of hydrogen-bond acceptors (Lipinski definition) is 4. The molecule has 1 aliphatic heterocycles. The summed E-state index contributed by atoms with van der Waals surface area (Å²) in [7, 11) is 0. The van der Waals surface area contributed by atoms with E-state index in [2.05, 4.69) is 10.3 Å². The highest BCUT2D eigenvalue weighted by Crippen LogP contribution is 2.30. The van der Waals surface area contributed by atoms with Crippen LogP contribution in [0.4, 0.5) is 13.2 Å². The molecule has 1 atom stereocenters. The van der Waals surface area contributed by atoms with E-state index in [0.717, 1.165) is 16.8 Å². The molecule has 0 spiro atoms. The number of halogens is 3. The van der Waals surface area contributed by atoms with E-state index in [-0.39, 0.29) is 17.9 Å². The van der Waals surface area contributed by atoms with Crippen molar-refractivity contribution in [3.63, 3.8) is 0 Å². The molecule has 6 nitrogen and oxygen atoms in total. The standard InChI is InChI=1S/C14H13F3N4O2/c15-14(16,17)9-2-1-3-10(6-9)21-8-12(18-19-21)13(23)20-5-4-11(22)7-20/h1-3,6,8,11,22H,4-5,7H2/t11-/m1/s1. The van der Waals surface area contributed by atoms with Crippen LogP contribution in [0.3, 0.4) is 0 Å². The Morgan fingerprint density at radius 2 is 2.13 bits per heavy atom. The summed E-state index contributed by atoms with van der Waals surface area (Å²) in [6.45, 7) is 0.631. The van der Waals surface area contributed by atoms with Crippen LogP contribution in [0.1, 0.15) is 22.5 Å². The Morgan fingerprint density at radius 1 is 1.35 bits per heavy atom. The molecule has 1 amide bonds. The lowest BCUT2D eigenvalue weighted by molar-refractivity contribution is -0.137. The Morgan fingerprint density at radius 3 is 2.78 bits per heavy atom. The zero-order valence-corrected chi connectivity index (χ0v) is 11.9. The Labute approximate surface area is 129 Å². The van der Waals surface area contributed by atoms with Crippen LogP contribution in [0.25, 0.3) is 5.69 Å². The molecule has 2 heterocycles. The molecule has 1 N–H and O–H groups in total. The number of nitrogens with zero attached hydrogens (tertiary/aromatic N) is 4. The molecule has 1 fully saturated rings. The number of hydrogen-bond donors (Lipinski definition) is 1. The van der Waals surface area contributed by atoms with Gasteiger partial charge in [0.1, 0.15) is 0 Å². The molecule has 0 bridgehead atoms. The van der Waals surface area contributed by atoms with E-state index in [9.17, 15) is 23.1 Å². The van der Waals surface area contributed by atoms with Gasteiger partial charge in [0.25, 0.3) is 5.91 Å². The van der Waals surface area contributed by atoms with Crippen molar-refractivity contribution in [2.45, 2.75) is 18.7 Å². The first-order valence-electron chi connectivity index (χ1n) is 6.92. The number of alkyl halides is 3. The second kappa shape index (κ2) is 5.65. The fourth-order valence-electron chi connectivity index (χ4n) is 2.40. The van der Waals surface area contributed by atoms with Crippen LogP contribution in [-0.4, -0.2) is 50.1 Å². The molecule has 0 saturated carbocycles. The third kappa shape index (κ3) is 3.19. The highest BCUT2D eigenvalue weighted by molar-refractivity contribution is 5.92. The van der Waals surface area contributed by atoms with Crippen molar-refractivity contribution < 1.29 is 23.1 Å². The molecule has 9 heteroatoms. The van der Waals surface area contributed by atoms with Crippen molar-refractivity contribution in [2.24, 2.45) is 0 Å². The first-order valence-corrected chi connectivity index (χ1v) is 6.92. The molecular weight excluding hydrogens is 313 g/mol. The predicted octanol–water partition coefficient (Wildman–Crippen LogP) is 1.49. The van der Waals surface area contributed by atoms with Crippen LogP contribution in [0.15, 0.2) is 30.5 Å². The number of likely N-dealkylation sites (tertiary alicyclic amines) is 1. The zero-order chi connectivity index (χ0) is 16.6. The number of β-amino-alcohol motifs (C(OH)–C–C–N with tert-alkyl or cyclic N) is 1. The summed E-state index contributed by atoms with van der Waals surface area (Å²) in [4.78, 5) is 13.6. The summed E-state index contributed by atoms with van der Waals surface area (Å²) >= 11 is 0. The summed E-state index contributed by atoms with van der Waals surface area (Å²) in [5, 5.41) is 16.9. The molecule has 1 saturated heterocycles. The second-order valence-electron chi connectivity index (χ2n) is 5.29. The molecule has 0 radical (unpaired) electrons. The van der Waals surface area contributed by atoms with Crippen LogP contribution in [0.5, 0.6) is 0 Å². The van der Waals surface area contributed by atoms with Gasteiger partial charge < -0.3 is 10.0 Å². The van der Waals surface area contributed by atoms with E-state index in [1.807, 2.05) is 0 Å². The second-order valence-corrected chi connectivity index (χ2v) is 5.29. The molecule has 23 heavy (non-hydrogen) atoms. The third-order valence-corrected chi connectivity index (χ3v) is 3.60. The molecule has 2 aromatic rings. The van der Waals surface area contributed by atoms with Crippen LogP contribution < -0.4 is 0 Å². The number of carbonyl (C=O) groups is 1. The van der Waals surface area contributed by atoms with Gasteiger partial charge in [-0.05, 0) is 24.6 Å². The summed E-state index contributed by atoms with van der Waals surface area (Å²) in [6, 6.07) is 4.59. The molecule has 122 valence electrons. The van der Waals surface area contributed by atoms with E-state index in [1.54, 1.807) is 0 Å². The Hall–Kier alpha value is -2.42. The fourth-order valence-corrected chi connectivity index (χ4v) is 2.40. The summed E-state index contributed by atoms with van der Waals surface area (Å²) in [6.07, 6.45) is -3.24. The molecule has 0 unspecified atom stereocenters. The minimum atomic E-state index is -4.46. The van der Waals surface area contributed by atoms with Gasteiger partial charge in [-0.15, -0.1) is 5.10 Å². The number of rotatable bonds is 2. The molecule has 1 aliphatic rings. The average molecular weight is 326 g/mol. The SMILES string of the molecule is O=C(c1cn(-c2cccc(C(F)(F)F)c2)nn1)N1CC[C@@H](O)C1. The van der Waals surface area contributed by atoms with Crippen molar-refractivity contribution in [1.82, 2.24) is 19.9 Å². The lowest BCUT2D eigenvalue weighted by Gasteiger charge is -2.12. The van der Waals surface area contributed by atoms with Crippen LogP contribution in [-0.2, 0) is 6.18 Å². The van der Waals surface area contributed by atoms with Crippen molar-refractivity contribution in [1.29, 1.82) is 0 Å². The van der Waals surface area contributed by atoms with Crippen molar-refractivity contribution in [3.8, 4) is 5.69 Å². The minimum Gasteiger partial charge on any atom is -0.391 e. The monoisotopic (exact) mass is 326 g/mol. The van der Waals surface area contributed by atoms with E-state index in [0.29, 0.717) is 13.0 Å². The van der Waals surface area contributed by atoms with E-state index in [1.165, 1.54) is 23.2 Å². The topological polar surface area (TPSA) is 71.2 Å². The van der Waals surface area contributed by atoms with E-state index in [4.69, 9.17) is 0 Å². The van der Waals surface area contributed by atoms with Gasteiger partial charge in [0.2, 0.25) is 0 Å². The smallest absolute Gasteiger partial charge is 0.391 e. The summed E-state index contributed by atoms with van der Waals surface area (Å²) in [5.41, 5.74) is -0.620. The number of carbonyl (C=O) groups excluding carboxylic acids is 1. The molecular formula is C14H13F3N4O2. The average Bonchev–Trinajstić information content (AvgIpc) is 3.15. The summed E-state index contributed by atoms with van der Waals surface area (Å²) < 4.78 is 39.3. The van der Waals surface area contributed by atoms with Gasteiger partial charge in [0.15, 0.2) is 5.69 Å². The Balaban J connectivity index is 1.83. The van der Waals surface area contributed by atoms with Gasteiger partial charge in [-0.25, -0.2) is 4.68 Å². The van der Waals surface area contributed by atoms with Crippen LogP contribution in [0, 0.1) is 0 Å². The van der Waals surface area contributed by atoms with Crippen molar-refractivity contribution in [2.75, 3.05) is 13.1 Å². The van der Waals surface area contributed by atoms with Crippen molar-refractivity contribution in [3.05, 3.63) is 41.7 Å². The highest BCUT2D eigenvalue weighted by atomic mass is 19.4. The number of aliphatic hydroxyl groups is 1. The van der Waals surface area contributed by atoms with Gasteiger partial charge in [-0.3, -0.25) is 4.79 Å². The number of aromatic nitrogens is 3. The lowest BCUT2D eigenvalue weighted by Crippen LogP contribution is -2.29. The Bertz CT molecular complexity index is 729. The number of benzene rings is 1. The van der Waals surface area contributed by atoms with Crippen molar-refractivity contribution >= 4 is 5.91 Å². The predicted molar refractivity (Wildman–Crippen MR) is 72.9 cm³/mol. The quantitative estimate of drug-likeness (QED) is 0.908. The van der Waals surface area contributed by atoms with Crippen LogP contribution >= 0.6 is 0 Å². The number of amides is 1. The van der Waals surface area contributed by atoms with Gasteiger partial charge in [0, 0.05) is 13.1 Å².